The predicted octanol–water partition coefficient (Wildman–Crippen LogP) is 1.55. The number of nitrogens with one attached hydrogen (secondary N) is 2. The molecule has 0 saturated heterocycles. The van der Waals surface area contributed by atoms with Gasteiger partial charge in [-0.3, -0.25) is 4.99 Å². The Morgan fingerprint density at radius 3 is 2.56 bits per heavy atom. The molecule has 0 aliphatic rings. The second-order valence-corrected chi connectivity index (χ2v) is 4.89. The maximum atomic E-state index is 5.66. The van der Waals surface area contributed by atoms with Gasteiger partial charge in [-0.2, -0.15) is 0 Å². The summed E-state index contributed by atoms with van der Waals surface area (Å²) in [7, 11) is 3.56. The summed E-state index contributed by atoms with van der Waals surface area (Å²) in [6.07, 6.45) is 1.80. The summed E-state index contributed by atoms with van der Waals surface area (Å²) in [5.41, 5.74) is 0.855. The zero-order valence-corrected chi connectivity index (χ0v) is 11.7. The quantitative estimate of drug-likeness (QED) is 0.631. The Morgan fingerprint density at radius 1 is 1.39 bits per heavy atom. The van der Waals surface area contributed by atoms with Crippen molar-refractivity contribution >= 4 is 5.96 Å². The number of aromatic nitrogens is 1. The van der Waals surface area contributed by atoms with Gasteiger partial charge in [-0.25, -0.2) is 4.98 Å². The molecule has 0 aliphatic carbocycles. The van der Waals surface area contributed by atoms with Crippen LogP contribution in [0.5, 0.6) is 5.88 Å². The maximum Gasteiger partial charge on any atom is 0.213 e. The van der Waals surface area contributed by atoms with E-state index < -0.39 is 0 Å². The van der Waals surface area contributed by atoms with Gasteiger partial charge in [-0.1, -0.05) is 6.07 Å². The second kappa shape index (κ2) is 6.23. The highest BCUT2D eigenvalue weighted by molar-refractivity contribution is 5.79. The summed E-state index contributed by atoms with van der Waals surface area (Å²) in [6, 6.07) is 3.87. The maximum absolute atomic E-state index is 5.66. The lowest BCUT2D eigenvalue weighted by Gasteiger charge is -2.20. The number of hydrogen-bond acceptors (Lipinski definition) is 3. The van der Waals surface area contributed by atoms with Crippen molar-refractivity contribution in [1.82, 2.24) is 15.6 Å². The highest BCUT2D eigenvalue weighted by atomic mass is 16.5. The van der Waals surface area contributed by atoms with Gasteiger partial charge in [0, 0.05) is 32.9 Å². The zero-order chi connectivity index (χ0) is 13.6. The van der Waals surface area contributed by atoms with Crippen molar-refractivity contribution in [2.45, 2.75) is 32.9 Å². The molecular formula is C13H22N4O. The van der Waals surface area contributed by atoms with E-state index in [-0.39, 0.29) is 5.60 Å². The highest BCUT2D eigenvalue weighted by Gasteiger charge is 2.12. The van der Waals surface area contributed by atoms with Crippen LogP contribution in [0.3, 0.4) is 0 Å². The van der Waals surface area contributed by atoms with E-state index in [1.807, 2.05) is 40.0 Å². The Kier molecular flexibility index (Phi) is 4.95. The van der Waals surface area contributed by atoms with Gasteiger partial charge in [0.1, 0.15) is 5.60 Å². The van der Waals surface area contributed by atoms with Crippen LogP contribution in [-0.2, 0) is 6.54 Å². The van der Waals surface area contributed by atoms with E-state index in [1.165, 1.54) is 0 Å². The average Bonchev–Trinajstić information content (AvgIpc) is 2.30. The zero-order valence-electron chi connectivity index (χ0n) is 11.7. The molecule has 0 atom stereocenters. The number of pyridine rings is 1. The number of hydrogen-bond donors (Lipinski definition) is 2. The van der Waals surface area contributed by atoms with E-state index in [9.17, 15) is 0 Å². The van der Waals surface area contributed by atoms with E-state index in [0.29, 0.717) is 12.4 Å². The Balaban J connectivity index is 2.55. The monoisotopic (exact) mass is 250 g/mol. The molecule has 1 aromatic heterocycles. The van der Waals surface area contributed by atoms with Crippen molar-refractivity contribution in [3.8, 4) is 5.88 Å². The van der Waals surface area contributed by atoms with Crippen LogP contribution in [0.2, 0.25) is 0 Å². The van der Waals surface area contributed by atoms with Gasteiger partial charge in [-0.15, -0.1) is 0 Å². The molecule has 0 aromatic carbocycles. The average molecular weight is 250 g/mol. The predicted molar refractivity (Wildman–Crippen MR) is 73.9 cm³/mol. The fraction of sp³-hybridized carbons (Fsp3) is 0.538. The summed E-state index contributed by atoms with van der Waals surface area (Å²) in [6.45, 7) is 6.68. The van der Waals surface area contributed by atoms with E-state index >= 15 is 0 Å². The van der Waals surface area contributed by atoms with Crippen LogP contribution in [0.1, 0.15) is 26.3 Å². The molecule has 0 unspecified atom stereocenters. The molecule has 0 saturated carbocycles. The van der Waals surface area contributed by atoms with Gasteiger partial charge in [0.2, 0.25) is 5.88 Å². The first-order chi connectivity index (χ1) is 8.44. The van der Waals surface area contributed by atoms with Crippen LogP contribution in [0, 0.1) is 0 Å². The van der Waals surface area contributed by atoms with Crippen LogP contribution in [0.4, 0.5) is 0 Å². The number of guanidine groups is 1. The fourth-order valence-electron chi connectivity index (χ4n) is 1.35. The van der Waals surface area contributed by atoms with Crippen LogP contribution < -0.4 is 15.4 Å². The number of rotatable bonds is 3. The lowest BCUT2D eigenvalue weighted by atomic mass is 10.2. The van der Waals surface area contributed by atoms with Gasteiger partial charge < -0.3 is 15.4 Å². The lowest BCUT2D eigenvalue weighted by molar-refractivity contribution is 0.124. The second-order valence-electron chi connectivity index (χ2n) is 4.89. The Labute approximate surface area is 109 Å². The van der Waals surface area contributed by atoms with Gasteiger partial charge in [0.25, 0.3) is 0 Å². The molecule has 0 amide bonds. The first-order valence-electron chi connectivity index (χ1n) is 5.97. The Morgan fingerprint density at radius 2 is 2.11 bits per heavy atom. The minimum absolute atomic E-state index is 0.221. The van der Waals surface area contributed by atoms with Crippen molar-refractivity contribution in [1.29, 1.82) is 0 Å². The minimum atomic E-state index is -0.221. The van der Waals surface area contributed by atoms with Crippen LogP contribution in [0.25, 0.3) is 0 Å². The summed E-state index contributed by atoms with van der Waals surface area (Å²) in [5.74, 6) is 1.40. The van der Waals surface area contributed by atoms with Gasteiger partial charge in [0.05, 0.1) is 0 Å². The molecule has 100 valence electrons. The van der Waals surface area contributed by atoms with Gasteiger partial charge in [0.15, 0.2) is 5.96 Å². The first-order valence-corrected chi connectivity index (χ1v) is 5.97. The van der Waals surface area contributed by atoms with Crippen LogP contribution >= 0.6 is 0 Å². The SMILES string of the molecule is CN=C(NC)NCc1ccc(OC(C)(C)C)nc1. The van der Waals surface area contributed by atoms with Crippen LogP contribution in [0.15, 0.2) is 23.3 Å². The molecule has 0 radical (unpaired) electrons. The van der Waals surface area contributed by atoms with E-state index in [4.69, 9.17) is 4.74 Å². The largest absolute Gasteiger partial charge is 0.472 e. The smallest absolute Gasteiger partial charge is 0.213 e. The summed E-state index contributed by atoms with van der Waals surface area (Å²) in [4.78, 5) is 8.31. The standard InChI is InChI=1S/C13H22N4O/c1-13(2,3)18-11-7-6-10(8-16-11)9-17-12(14-4)15-5/h6-8H,9H2,1-5H3,(H2,14,15,17). The van der Waals surface area contributed by atoms with Crippen LogP contribution in [-0.4, -0.2) is 30.6 Å². The molecule has 5 nitrogen and oxygen atoms in total. The first kappa shape index (κ1) is 14.3. The topological polar surface area (TPSA) is 58.5 Å². The summed E-state index contributed by atoms with van der Waals surface area (Å²) >= 11 is 0. The van der Waals surface area contributed by atoms with Crippen molar-refractivity contribution in [3.63, 3.8) is 0 Å². The van der Waals surface area contributed by atoms with Gasteiger partial charge >= 0.3 is 0 Å². The Bertz CT molecular complexity index is 392. The molecule has 0 aliphatic heterocycles. The van der Waals surface area contributed by atoms with Gasteiger partial charge in [-0.05, 0) is 26.3 Å². The molecule has 18 heavy (non-hydrogen) atoms. The normalized spacial score (nSPS) is 12.2. The van der Waals surface area contributed by atoms with E-state index in [1.54, 1.807) is 13.2 Å². The molecule has 0 spiro atoms. The number of aliphatic imine (C=N–C) groups is 1. The lowest BCUT2D eigenvalue weighted by Crippen LogP contribution is -2.34. The van der Waals surface area contributed by atoms with E-state index in [2.05, 4.69) is 20.6 Å². The molecule has 5 heteroatoms. The number of ether oxygens (including phenoxy) is 1. The minimum Gasteiger partial charge on any atom is -0.472 e. The third kappa shape index (κ3) is 5.03. The summed E-state index contributed by atoms with van der Waals surface area (Å²) < 4.78 is 5.66. The molecule has 0 bridgehead atoms. The summed E-state index contributed by atoms with van der Waals surface area (Å²) in [5, 5.41) is 6.12. The fourth-order valence-corrected chi connectivity index (χ4v) is 1.35. The van der Waals surface area contributed by atoms with Crippen molar-refractivity contribution in [2.24, 2.45) is 4.99 Å². The number of nitrogens with zero attached hydrogens (tertiary/aromatic N) is 2. The molecule has 0 fully saturated rings. The van der Waals surface area contributed by atoms with Crippen molar-refractivity contribution in [3.05, 3.63) is 23.9 Å². The third-order valence-corrected chi connectivity index (χ3v) is 2.13. The molecular weight excluding hydrogens is 228 g/mol. The molecule has 1 rings (SSSR count). The van der Waals surface area contributed by atoms with E-state index in [0.717, 1.165) is 11.5 Å². The highest BCUT2D eigenvalue weighted by Crippen LogP contribution is 2.15. The van der Waals surface area contributed by atoms with Crippen molar-refractivity contribution in [2.75, 3.05) is 14.1 Å². The third-order valence-electron chi connectivity index (χ3n) is 2.13. The molecule has 1 heterocycles. The Hall–Kier alpha value is -1.78. The molecule has 1 aromatic rings. The van der Waals surface area contributed by atoms with Crippen molar-refractivity contribution < 1.29 is 4.74 Å². The molecule has 2 N–H and O–H groups in total.